The lowest BCUT2D eigenvalue weighted by molar-refractivity contribution is 0.818. The topological polar surface area (TPSA) is 35.9 Å². The average molecular weight is 148 g/mol. The van der Waals surface area contributed by atoms with E-state index in [4.69, 9.17) is 5.41 Å². The molecule has 58 valence electrons. The van der Waals surface area contributed by atoms with Crippen molar-refractivity contribution in [2.24, 2.45) is 0 Å². The van der Waals surface area contributed by atoms with Crippen LogP contribution in [-0.4, -0.2) is 13.3 Å². The van der Waals surface area contributed by atoms with Crippen molar-refractivity contribution in [2.75, 3.05) is 7.05 Å². The van der Waals surface area contributed by atoms with E-state index >= 15 is 0 Å². The Hall–Kier alpha value is -1.15. The van der Waals surface area contributed by atoms with Gasteiger partial charge in [0.05, 0.1) is 0 Å². The van der Waals surface area contributed by atoms with Crippen LogP contribution >= 0.6 is 0 Å². The van der Waals surface area contributed by atoms with Gasteiger partial charge in [-0.15, -0.1) is 0 Å². The van der Waals surface area contributed by atoms with E-state index in [2.05, 4.69) is 5.32 Å². The molecule has 1 rings (SSSR count). The quantitative estimate of drug-likeness (QED) is 0.624. The first-order valence-corrected chi connectivity index (χ1v) is 3.61. The molecular weight excluding hydrogens is 136 g/mol. The Balaban J connectivity index is 2.74. The van der Waals surface area contributed by atoms with E-state index in [1.807, 2.05) is 31.3 Å². The first-order valence-electron chi connectivity index (χ1n) is 3.61. The van der Waals surface area contributed by atoms with Crippen LogP contribution in [0.4, 0.5) is 0 Å². The summed E-state index contributed by atoms with van der Waals surface area (Å²) in [4.78, 5) is 0. The van der Waals surface area contributed by atoms with Crippen molar-refractivity contribution in [1.82, 2.24) is 5.32 Å². The monoisotopic (exact) mass is 148 g/mol. The summed E-state index contributed by atoms with van der Waals surface area (Å²) < 4.78 is 0. The summed E-state index contributed by atoms with van der Waals surface area (Å²) in [5.74, 6) is 0. The molecule has 0 heterocycles. The van der Waals surface area contributed by atoms with Gasteiger partial charge in [-0.1, -0.05) is 24.3 Å². The standard InChI is InChI=1S/C9H12N2/c1-11-7-9-4-2-8(6-10)3-5-9/h2-6,10-11H,7H2,1H3. The Kier molecular flexibility index (Phi) is 2.81. The summed E-state index contributed by atoms with van der Waals surface area (Å²) in [5.41, 5.74) is 2.20. The Bertz CT molecular complexity index is 226. The highest BCUT2D eigenvalue weighted by Crippen LogP contribution is 2.01. The van der Waals surface area contributed by atoms with E-state index in [-0.39, 0.29) is 0 Å². The van der Waals surface area contributed by atoms with Crippen LogP contribution in [0.25, 0.3) is 0 Å². The van der Waals surface area contributed by atoms with Gasteiger partial charge in [0.25, 0.3) is 0 Å². The molecule has 0 aromatic heterocycles. The van der Waals surface area contributed by atoms with Gasteiger partial charge in [-0.3, -0.25) is 0 Å². The van der Waals surface area contributed by atoms with Gasteiger partial charge in [0.2, 0.25) is 0 Å². The minimum Gasteiger partial charge on any atom is -0.316 e. The molecule has 0 fully saturated rings. The highest BCUT2D eigenvalue weighted by Gasteiger charge is 1.89. The second-order valence-electron chi connectivity index (χ2n) is 2.42. The average Bonchev–Trinajstić information content (AvgIpc) is 2.07. The summed E-state index contributed by atoms with van der Waals surface area (Å²) in [5, 5.41) is 10.0. The molecule has 0 atom stereocenters. The van der Waals surface area contributed by atoms with Crippen molar-refractivity contribution >= 4 is 6.21 Å². The maximum Gasteiger partial charge on any atom is 0.0250 e. The molecule has 0 saturated heterocycles. The molecule has 1 aromatic rings. The minimum absolute atomic E-state index is 0.887. The van der Waals surface area contributed by atoms with Crippen LogP contribution < -0.4 is 5.32 Å². The fourth-order valence-corrected chi connectivity index (χ4v) is 0.936. The van der Waals surface area contributed by atoms with Crippen molar-refractivity contribution in [3.63, 3.8) is 0 Å². The fourth-order valence-electron chi connectivity index (χ4n) is 0.936. The van der Waals surface area contributed by atoms with Crippen LogP contribution in [0.15, 0.2) is 24.3 Å². The summed E-state index contributed by atoms with van der Waals surface area (Å²) in [6.07, 6.45) is 1.35. The van der Waals surface area contributed by atoms with Crippen LogP contribution in [-0.2, 0) is 6.54 Å². The predicted octanol–water partition coefficient (Wildman–Crippen LogP) is 1.40. The predicted molar refractivity (Wildman–Crippen MR) is 47.1 cm³/mol. The van der Waals surface area contributed by atoms with Crippen LogP contribution in [0, 0.1) is 5.41 Å². The molecule has 2 N–H and O–H groups in total. The number of nitrogens with one attached hydrogen (secondary N) is 2. The van der Waals surface area contributed by atoms with E-state index in [0.29, 0.717) is 0 Å². The van der Waals surface area contributed by atoms with Gasteiger partial charge in [0.1, 0.15) is 0 Å². The van der Waals surface area contributed by atoms with Crippen molar-refractivity contribution < 1.29 is 0 Å². The van der Waals surface area contributed by atoms with E-state index in [1.54, 1.807) is 0 Å². The summed E-state index contributed by atoms with van der Waals surface area (Å²) in [6.45, 7) is 0.887. The molecule has 0 aliphatic rings. The van der Waals surface area contributed by atoms with Crippen molar-refractivity contribution in [3.05, 3.63) is 35.4 Å². The third kappa shape index (κ3) is 2.16. The molecule has 0 spiro atoms. The molecule has 1 aromatic carbocycles. The van der Waals surface area contributed by atoms with Crippen LogP contribution in [0.5, 0.6) is 0 Å². The van der Waals surface area contributed by atoms with E-state index in [0.717, 1.165) is 12.1 Å². The molecule has 0 unspecified atom stereocenters. The second kappa shape index (κ2) is 3.88. The lowest BCUT2D eigenvalue weighted by Crippen LogP contribution is -2.04. The number of benzene rings is 1. The number of rotatable bonds is 3. The van der Waals surface area contributed by atoms with Crippen molar-refractivity contribution in [1.29, 1.82) is 5.41 Å². The molecule has 2 heteroatoms. The first kappa shape index (κ1) is 7.95. The number of hydrogen-bond acceptors (Lipinski definition) is 2. The van der Waals surface area contributed by atoms with E-state index in [9.17, 15) is 0 Å². The third-order valence-corrected chi connectivity index (χ3v) is 1.53. The highest BCUT2D eigenvalue weighted by molar-refractivity contribution is 5.76. The molecule has 0 amide bonds. The second-order valence-corrected chi connectivity index (χ2v) is 2.42. The normalized spacial score (nSPS) is 9.55. The Labute approximate surface area is 66.8 Å². The largest absolute Gasteiger partial charge is 0.316 e. The maximum absolute atomic E-state index is 6.98. The van der Waals surface area contributed by atoms with Gasteiger partial charge in [-0.05, 0) is 18.2 Å². The smallest absolute Gasteiger partial charge is 0.0250 e. The number of hydrogen-bond donors (Lipinski definition) is 2. The van der Waals surface area contributed by atoms with E-state index in [1.165, 1.54) is 11.8 Å². The van der Waals surface area contributed by atoms with Crippen molar-refractivity contribution in [2.45, 2.75) is 6.54 Å². The molecule has 11 heavy (non-hydrogen) atoms. The summed E-state index contributed by atoms with van der Waals surface area (Å²) in [7, 11) is 1.92. The van der Waals surface area contributed by atoms with Crippen LogP contribution in [0.2, 0.25) is 0 Å². The zero-order valence-electron chi connectivity index (χ0n) is 6.59. The third-order valence-electron chi connectivity index (χ3n) is 1.53. The first-order chi connectivity index (χ1) is 5.36. The Morgan fingerprint density at radius 1 is 1.36 bits per heavy atom. The lowest BCUT2D eigenvalue weighted by Gasteiger charge is -1.98. The molecule has 0 bridgehead atoms. The van der Waals surface area contributed by atoms with E-state index < -0.39 is 0 Å². The van der Waals surface area contributed by atoms with Crippen LogP contribution in [0.3, 0.4) is 0 Å². The fraction of sp³-hybridized carbons (Fsp3) is 0.222. The van der Waals surface area contributed by atoms with Gasteiger partial charge < -0.3 is 10.7 Å². The Morgan fingerprint density at radius 3 is 2.45 bits per heavy atom. The lowest BCUT2D eigenvalue weighted by atomic mass is 10.1. The van der Waals surface area contributed by atoms with Gasteiger partial charge in [0.15, 0.2) is 0 Å². The molecule has 2 nitrogen and oxygen atoms in total. The van der Waals surface area contributed by atoms with Gasteiger partial charge in [0, 0.05) is 12.8 Å². The molecule has 0 aliphatic carbocycles. The highest BCUT2D eigenvalue weighted by atomic mass is 14.8. The zero-order valence-corrected chi connectivity index (χ0v) is 6.59. The zero-order chi connectivity index (χ0) is 8.10. The molecular formula is C9H12N2. The van der Waals surface area contributed by atoms with Crippen LogP contribution in [0.1, 0.15) is 11.1 Å². The van der Waals surface area contributed by atoms with Gasteiger partial charge in [-0.2, -0.15) is 0 Å². The SMILES string of the molecule is CNCc1ccc(C=N)cc1. The minimum atomic E-state index is 0.887. The maximum atomic E-state index is 6.98. The molecule has 0 radical (unpaired) electrons. The Morgan fingerprint density at radius 2 is 2.00 bits per heavy atom. The molecule has 0 saturated carbocycles. The molecule has 0 aliphatic heterocycles. The summed E-state index contributed by atoms with van der Waals surface area (Å²) >= 11 is 0. The van der Waals surface area contributed by atoms with Gasteiger partial charge in [-0.25, -0.2) is 0 Å². The van der Waals surface area contributed by atoms with Crippen molar-refractivity contribution in [3.8, 4) is 0 Å². The summed E-state index contributed by atoms with van der Waals surface area (Å²) in [6, 6.07) is 7.94. The van der Waals surface area contributed by atoms with Gasteiger partial charge >= 0.3 is 0 Å².